The average Bonchev–Trinajstić information content (AvgIpc) is 2.20. The third kappa shape index (κ3) is 4.46. The second-order valence-electron chi connectivity index (χ2n) is 3.27. The average molecular weight is 298 g/mol. The highest BCUT2D eigenvalue weighted by Gasteiger charge is 2.28. The molecule has 3 N–H and O–H groups in total. The number of rotatable bonds is 4. The zero-order valence-electron chi connectivity index (χ0n) is 8.26. The summed E-state index contributed by atoms with van der Waals surface area (Å²) >= 11 is 3.19. The van der Waals surface area contributed by atoms with Gasteiger partial charge in [-0.05, 0) is 34.5 Å². The van der Waals surface area contributed by atoms with Gasteiger partial charge in [0.05, 0.1) is 11.7 Å². The van der Waals surface area contributed by atoms with Crippen LogP contribution in [0.15, 0.2) is 22.8 Å². The summed E-state index contributed by atoms with van der Waals surface area (Å²) in [5.41, 5.74) is 2.83. The van der Waals surface area contributed by atoms with Gasteiger partial charge in [0, 0.05) is 17.1 Å². The Balaban J connectivity index is 2.64. The van der Waals surface area contributed by atoms with Crippen LogP contribution in [0.25, 0.3) is 0 Å². The number of alkyl halides is 3. The van der Waals surface area contributed by atoms with E-state index in [4.69, 9.17) is 5.84 Å². The first-order valence-electron chi connectivity index (χ1n) is 4.56. The van der Waals surface area contributed by atoms with Crippen LogP contribution in [0.4, 0.5) is 13.2 Å². The lowest BCUT2D eigenvalue weighted by Crippen LogP contribution is -2.29. The number of hydrogen-bond donors (Lipinski definition) is 2. The maximum Gasteiger partial charge on any atom is 0.389 e. The highest BCUT2D eigenvalue weighted by Crippen LogP contribution is 2.26. The van der Waals surface area contributed by atoms with Crippen molar-refractivity contribution in [2.45, 2.75) is 25.1 Å². The van der Waals surface area contributed by atoms with Crippen LogP contribution in [0.2, 0.25) is 0 Å². The minimum Gasteiger partial charge on any atom is -0.271 e. The lowest BCUT2D eigenvalue weighted by atomic mass is 10.1. The Kier molecular flexibility index (Phi) is 4.69. The minimum atomic E-state index is -4.18. The van der Waals surface area contributed by atoms with E-state index in [9.17, 15) is 13.2 Å². The molecule has 0 aliphatic heterocycles. The SMILES string of the molecule is NNC(CCC(F)(F)F)c1ccc(Br)cn1. The van der Waals surface area contributed by atoms with Crippen molar-refractivity contribution in [2.75, 3.05) is 0 Å². The first-order chi connectivity index (χ1) is 7.42. The standard InChI is InChI=1S/C9H11BrF3N3/c10-6-1-2-7(15-5-6)8(16-14)3-4-9(11,12)13/h1-2,5,8,16H,3-4,14H2. The Morgan fingerprint density at radius 3 is 2.56 bits per heavy atom. The summed E-state index contributed by atoms with van der Waals surface area (Å²) in [7, 11) is 0. The summed E-state index contributed by atoms with van der Waals surface area (Å²) in [6, 6.07) is 2.75. The van der Waals surface area contributed by atoms with Gasteiger partial charge in [-0.25, -0.2) is 0 Å². The molecule has 90 valence electrons. The molecular formula is C9H11BrF3N3. The van der Waals surface area contributed by atoms with E-state index in [1.165, 1.54) is 6.20 Å². The Morgan fingerprint density at radius 1 is 1.44 bits per heavy atom. The van der Waals surface area contributed by atoms with Crippen LogP contribution in [0.3, 0.4) is 0 Å². The van der Waals surface area contributed by atoms with Gasteiger partial charge in [-0.3, -0.25) is 16.3 Å². The molecule has 0 fully saturated rings. The number of nitrogens with two attached hydrogens (primary N) is 1. The van der Waals surface area contributed by atoms with Gasteiger partial charge in [0.15, 0.2) is 0 Å². The molecule has 0 saturated carbocycles. The second kappa shape index (κ2) is 5.60. The number of nitrogens with one attached hydrogen (secondary N) is 1. The van der Waals surface area contributed by atoms with Crippen molar-refractivity contribution in [2.24, 2.45) is 5.84 Å². The number of halogens is 4. The summed E-state index contributed by atoms with van der Waals surface area (Å²) in [6.07, 6.45) is -3.67. The monoisotopic (exact) mass is 297 g/mol. The fourth-order valence-corrected chi connectivity index (χ4v) is 1.45. The highest BCUT2D eigenvalue weighted by atomic mass is 79.9. The van der Waals surface area contributed by atoms with E-state index in [1.807, 2.05) is 0 Å². The number of hydrazine groups is 1. The molecule has 1 atom stereocenters. The Bertz CT molecular complexity index is 326. The van der Waals surface area contributed by atoms with Crippen LogP contribution in [0.5, 0.6) is 0 Å². The van der Waals surface area contributed by atoms with E-state index < -0.39 is 18.6 Å². The lowest BCUT2D eigenvalue weighted by Gasteiger charge is -2.16. The summed E-state index contributed by atoms with van der Waals surface area (Å²) < 4.78 is 36.9. The molecule has 3 nitrogen and oxygen atoms in total. The Morgan fingerprint density at radius 2 is 2.12 bits per heavy atom. The molecule has 0 bridgehead atoms. The van der Waals surface area contributed by atoms with Gasteiger partial charge in [-0.2, -0.15) is 13.2 Å². The van der Waals surface area contributed by atoms with Crippen LogP contribution in [-0.2, 0) is 0 Å². The summed E-state index contributed by atoms with van der Waals surface area (Å²) in [5.74, 6) is 5.20. The molecule has 1 aromatic rings. The van der Waals surface area contributed by atoms with E-state index in [1.54, 1.807) is 12.1 Å². The van der Waals surface area contributed by atoms with Crippen LogP contribution < -0.4 is 11.3 Å². The smallest absolute Gasteiger partial charge is 0.271 e. The van der Waals surface area contributed by atoms with Gasteiger partial charge < -0.3 is 0 Å². The van der Waals surface area contributed by atoms with Gasteiger partial charge in [0.2, 0.25) is 0 Å². The number of aromatic nitrogens is 1. The van der Waals surface area contributed by atoms with Crippen LogP contribution in [-0.4, -0.2) is 11.2 Å². The number of hydrogen-bond acceptors (Lipinski definition) is 3. The molecule has 0 saturated heterocycles. The highest BCUT2D eigenvalue weighted by molar-refractivity contribution is 9.10. The van der Waals surface area contributed by atoms with Gasteiger partial charge in [-0.1, -0.05) is 0 Å². The van der Waals surface area contributed by atoms with Crippen molar-refractivity contribution in [3.05, 3.63) is 28.5 Å². The van der Waals surface area contributed by atoms with Crippen molar-refractivity contribution in [3.8, 4) is 0 Å². The fraction of sp³-hybridized carbons (Fsp3) is 0.444. The predicted molar refractivity (Wildman–Crippen MR) is 57.3 cm³/mol. The zero-order valence-corrected chi connectivity index (χ0v) is 9.85. The third-order valence-corrected chi connectivity index (χ3v) is 2.49. The first-order valence-corrected chi connectivity index (χ1v) is 5.36. The molecule has 0 aliphatic rings. The normalized spacial score (nSPS) is 13.8. The van der Waals surface area contributed by atoms with Crippen molar-refractivity contribution < 1.29 is 13.2 Å². The number of nitrogens with zero attached hydrogens (tertiary/aromatic N) is 1. The topological polar surface area (TPSA) is 50.9 Å². The number of pyridine rings is 1. The van der Waals surface area contributed by atoms with Gasteiger partial charge >= 0.3 is 6.18 Å². The molecule has 1 rings (SSSR count). The Labute approximate surface area is 99.3 Å². The van der Waals surface area contributed by atoms with Crippen LogP contribution in [0, 0.1) is 0 Å². The summed E-state index contributed by atoms with van der Waals surface area (Å²) in [4.78, 5) is 3.99. The molecule has 0 aromatic carbocycles. The molecule has 0 radical (unpaired) electrons. The molecule has 7 heteroatoms. The maximum atomic E-state index is 12.0. The van der Waals surface area contributed by atoms with E-state index in [0.717, 1.165) is 4.47 Å². The molecule has 1 unspecified atom stereocenters. The fourth-order valence-electron chi connectivity index (χ4n) is 1.22. The first kappa shape index (κ1) is 13.4. The quantitative estimate of drug-likeness (QED) is 0.664. The van der Waals surface area contributed by atoms with Crippen LogP contribution in [0.1, 0.15) is 24.6 Å². The van der Waals surface area contributed by atoms with Crippen molar-refractivity contribution in [3.63, 3.8) is 0 Å². The summed E-state index contributed by atoms with van der Waals surface area (Å²) in [5, 5.41) is 0. The van der Waals surface area contributed by atoms with Crippen molar-refractivity contribution >= 4 is 15.9 Å². The van der Waals surface area contributed by atoms with Gasteiger partial charge in [-0.15, -0.1) is 0 Å². The minimum absolute atomic E-state index is 0.130. The maximum absolute atomic E-state index is 12.0. The lowest BCUT2D eigenvalue weighted by molar-refractivity contribution is -0.136. The van der Waals surface area contributed by atoms with Gasteiger partial charge in [0.25, 0.3) is 0 Å². The third-order valence-electron chi connectivity index (χ3n) is 2.02. The predicted octanol–water partition coefficient (Wildman–Crippen LogP) is 2.69. The summed E-state index contributed by atoms with van der Waals surface area (Å²) in [6.45, 7) is 0. The van der Waals surface area contributed by atoms with E-state index >= 15 is 0 Å². The van der Waals surface area contributed by atoms with Crippen molar-refractivity contribution in [1.29, 1.82) is 0 Å². The van der Waals surface area contributed by atoms with E-state index in [2.05, 4.69) is 26.3 Å². The van der Waals surface area contributed by atoms with Crippen molar-refractivity contribution in [1.82, 2.24) is 10.4 Å². The van der Waals surface area contributed by atoms with E-state index in [0.29, 0.717) is 5.69 Å². The molecule has 1 aromatic heterocycles. The molecule has 0 amide bonds. The zero-order chi connectivity index (χ0) is 12.2. The van der Waals surface area contributed by atoms with E-state index in [-0.39, 0.29) is 6.42 Å². The molecule has 0 aliphatic carbocycles. The molecule has 16 heavy (non-hydrogen) atoms. The second-order valence-corrected chi connectivity index (χ2v) is 4.19. The van der Waals surface area contributed by atoms with Gasteiger partial charge in [0.1, 0.15) is 0 Å². The van der Waals surface area contributed by atoms with Crippen LogP contribution >= 0.6 is 15.9 Å². The molecular weight excluding hydrogens is 287 g/mol. The Hall–Kier alpha value is -0.660. The molecule has 0 spiro atoms. The largest absolute Gasteiger partial charge is 0.389 e. The molecule has 1 heterocycles.